The second-order valence-corrected chi connectivity index (χ2v) is 4.37. The highest BCUT2D eigenvalue weighted by Gasteiger charge is 2.14. The van der Waals surface area contributed by atoms with Crippen LogP contribution in [-0.4, -0.2) is 24.0 Å². The number of amides is 1. The molecule has 4 N–H and O–H groups in total. The van der Waals surface area contributed by atoms with Crippen molar-refractivity contribution < 1.29 is 4.79 Å². The van der Waals surface area contributed by atoms with Crippen molar-refractivity contribution in [2.45, 2.75) is 12.5 Å². The fraction of sp³-hybridized carbons (Fsp3) is 0.250. The van der Waals surface area contributed by atoms with E-state index in [-0.39, 0.29) is 5.91 Å². The molecule has 1 aromatic carbocycles. The standard InChI is InChI=1S/C12H14ClN3O/c1-15-12(17)10(14)4-7-6-16-11-5-8(13)2-3-9(7)11/h2-3,5-6,10,16H,4,14H2,1H3,(H,15,17). The molecular weight excluding hydrogens is 238 g/mol. The van der Waals surface area contributed by atoms with E-state index in [1.165, 1.54) is 0 Å². The summed E-state index contributed by atoms with van der Waals surface area (Å²) in [7, 11) is 1.58. The van der Waals surface area contributed by atoms with Gasteiger partial charge in [0.15, 0.2) is 0 Å². The Morgan fingerprint density at radius 1 is 1.59 bits per heavy atom. The highest BCUT2D eigenvalue weighted by molar-refractivity contribution is 6.31. The average Bonchev–Trinajstić information content (AvgIpc) is 2.70. The molecule has 0 aliphatic carbocycles. The molecule has 2 aromatic rings. The predicted molar refractivity (Wildman–Crippen MR) is 69.1 cm³/mol. The van der Waals surface area contributed by atoms with Crippen molar-refractivity contribution in [3.8, 4) is 0 Å². The zero-order valence-electron chi connectivity index (χ0n) is 9.46. The molecule has 2 rings (SSSR count). The third-order valence-electron chi connectivity index (χ3n) is 2.75. The zero-order chi connectivity index (χ0) is 12.4. The Morgan fingerprint density at radius 2 is 2.35 bits per heavy atom. The van der Waals surface area contributed by atoms with Crippen LogP contribution in [0.2, 0.25) is 5.02 Å². The van der Waals surface area contributed by atoms with Crippen LogP contribution in [0.4, 0.5) is 0 Å². The van der Waals surface area contributed by atoms with Crippen LogP contribution < -0.4 is 11.1 Å². The first-order valence-corrected chi connectivity index (χ1v) is 5.72. The van der Waals surface area contributed by atoms with E-state index < -0.39 is 6.04 Å². The number of H-pyrrole nitrogens is 1. The normalized spacial score (nSPS) is 12.6. The minimum absolute atomic E-state index is 0.159. The number of fused-ring (bicyclic) bond motifs is 1. The van der Waals surface area contributed by atoms with Gasteiger partial charge in [-0.1, -0.05) is 17.7 Å². The number of carbonyl (C=O) groups is 1. The van der Waals surface area contributed by atoms with Gasteiger partial charge in [0, 0.05) is 29.2 Å². The Kier molecular flexibility index (Phi) is 3.36. The number of aromatic amines is 1. The smallest absolute Gasteiger partial charge is 0.237 e. The molecule has 0 radical (unpaired) electrons. The van der Waals surface area contributed by atoms with E-state index in [1.54, 1.807) is 7.05 Å². The first kappa shape index (κ1) is 12.0. The molecule has 1 aromatic heterocycles. The van der Waals surface area contributed by atoms with E-state index in [4.69, 9.17) is 17.3 Å². The monoisotopic (exact) mass is 251 g/mol. The Bertz CT molecular complexity index is 550. The maximum Gasteiger partial charge on any atom is 0.237 e. The van der Waals surface area contributed by atoms with Crippen molar-refractivity contribution in [3.63, 3.8) is 0 Å². The number of carbonyl (C=O) groups excluding carboxylic acids is 1. The number of rotatable bonds is 3. The topological polar surface area (TPSA) is 70.9 Å². The summed E-state index contributed by atoms with van der Waals surface area (Å²) in [4.78, 5) is 14.5. The summed E-state index contributed by atoms with van der Waals surface area (Å²) in [6.45, 7) is 0. The van der Waals surface area contributed by atoms with E-state index in [2.05, 4.69) is 10.3 Å². The van der Waals surface area contributed by atoms with Crippen molar-refractivity contribution in [3.05, 3.63) is 35.0 Å². The summed E-state index contributed by atoms with van der Waals surface area (Å²) in [6.07, 6.45) is 2.37. The molecular formula is C12H14ClN3O. The fourth-order valence-corrected chi connectivity index (χ4v) is 2.01. The van der Waals surface area contributed by atoms with E-state index >= 15 is 0 Å². The van der Waals surface area contributed by atoms with Crippen LogP contribution in [0.5, 0.6) is 0 Å². The van der Waals surface area contributed by atoms with Gasteiger partial charge in [-0.05, 0) is 24.1 Å². The first-order valence-electron chi connectivity index (χ1n) is 5.34. The first-order chi connectivity index (χ1) is 8.11. The zero-order valence-corrected chi connectivity index (χ0v) is 10.2. The van der Waals surface area contributed by atoms with E-state index in [0.29, 0.717) is 11.4 Å². The van der Waals surface area contributed by atoms with Crippen molar-refractivity contribution in [2.75, 3.05) is 7.05 Å². The predicted octanol–water partition coefficient (Wildman–Crippen LogP) is 1.44. The Hall–Kier alpha value is -1.52. The number of hydrogen-bond acceptors (Lipinski definition) is 2. The minimum Gasteiger partial charge on any atom is -0.361 e. The van der Waals surface area contributed by atoms with E-state index in [0.717, 1.165) is 16.5 Å². The Morgan fingerprint density at radius 3 is 3.06 bits per heavy atom. The number of nitrogens with two attached hydrogens (primary N) is 1. The molecule has 0 spiro atoms. The lowest BCUT2D eigenvalue weighted by Crippen LogP contribution is -2.40. The lowest BCUT2D eigenvalue weighted by atomic mass is 10.1. The van der Waals surface area contributed by atoms with Crippen LogP contribution in [0, 0.1) is 0 Å². The van der Waals surface area contributed by atoms with E-state index in [9.17, 15) is 4.79 Å². The summed E-state index contributed by atoms with van der Waals surface area (Å²) < 4.78 is 0. The van der Waals surface area contributed by atoms with Crippen molar-refractivity contribution in [1.29, 1.82) is 0 Å². The summed E-state index contributed by atoms with van der Waals surface area (Å²) in [5.41, 5.74) is 7.76. The van der Waals surface area contributed by atoms with Crippen LogP contribution >= 0.6 is 11.6 Å². The molecule has 0 saturated carbocycles. The molecule has 0 saturated heterocycles. The second-order valence-electron chi connectivity index (χ2n) is 3.93. The maximum atomic E-state index is 11.4. The lowest BCUT2D eigenvalue weighted by Gasteiger charge is -2.08. The van der Waals surface area contributed by atoms with Gasteiger partial charge in [-0.2, -0.15) is 0 Å². The minimum atomic E-state index is -0.533. The molecule has 90 valence electrons. The summed E-state index contributed by atoms with van der Waals surface area (Å²) in [5.74, 6) is -0.159. The van der Waals surface area contributed by atoms with Gasteiger partial charge in [0.05, 0.1) is 6.04 Å². The lowest BCUT2D eigenvalue weighted by molar-refractivity contribution is -0.121. The third kappa shape index (κ3) is 2.43. The number of likely N-dealkylation sites (N-methyl/N-ethyl adjacent to an activating group) is 1. The SMILES string of the molecule is CNC(=O)C(N)Cc1c[nH]c2cc(Cl)ccc12. The number of halogens is 1. The Labute approximate surface area is 104 Å². The molecule has 1 amide bonds. The van der Waals surface area contributed by atoms with Gasteiger partial charge in [0.1, 0.15) is 0 Å². The number of hydrogen-bond donors (Lipinski definition) is 3. The second kappa shape index (κ2) is 4.77. The fourth-order valence-electron chi connectivity index (χ4n) is 1.84. The van der Waals surface area contributed by atoms with Crippen LogP contribution in [0.3, 0.4) is 0 Å². The van der Waals surface area contributed by atoms with Gasteiger partial charge < -0.3 is 16.0 Å². The highest BCUT2D eigenvalue weighted by atomic mass is 35.5. The summed E-state index contributed by atoms with van der Waals surface area (Å²) >= 11 is 5.90. The van der Waals surface area contributed by atoms with Crippen LogP contribution in [0.1, 0.15) is 5.56 Å². The average molecular weight is 252 g/mol. The van der Waals surface area contributed by atoms with Crippen molar-refractivity contribution in [2.24, 2.45) is 5.73 Å². The third-order valence-corrected chi connectivity index (χ3v) is 2.99. The molecule has 5 heteroatoms. The molecule has 0 aliphatic heterocycles. The molecule has 1 unspecified atom stereocenters. The number of aromatic nitrogens is 1. The van der Waals surface area contributed by atoms with Crippen LogP contribution in [0.25, 0.3) is 10.9 Å². The van der Waals surface area contributed by atoms with Crippen molar-refractivity contribution in [1.82, 2.24) is 10.3 Å². The van der Waals surface area contributed by atoms with Crippen LogP contribution in [0.15, 0.2) is 24.4 Å². The quantitative estimate of drug-likeness (QED) is 0.773. The summed E-state index contributed by atoms with van der Waals surface area (Å²) in [6, 6.07) is 5.08. The van der Waals surface area contributed by atoms with Gasteiger partial charge in [-0.25, -0.2) is 0 Å². The van der Waals surface area contributed by atoms with Gasteiger partial charge in [0.25, 0.3) is 0 Å². The molecule has 0 aliphatic rings. The molecule has 17 heavy (non-hydrogen) atoms. The molecule has 0 fully saturated rings. The van der Waals surface area contributed by atoms with Crippen LogP contribution in [-0.2, 0) is 11.2 Å². The molecule has 4 nitrogen and oxygen atoms in total. The number of nitrogens with one attached hydrogen (secondary N) is 2. The highest BCUT2D eigenvalue weighted by Crippen LogP contribution is 2.22. The van der Waals surface area contributed by atoms with Gasteiger partial charge in [-0.15, -0.1) is 0 Å². The molecule has 0 bridgehead atoms. The summed E-state index contributed by atoms with van der Waals surface area (Å²) in [5, 5.41) is 4.27. The largest absolute Gasteiger partial charge is 0.361 e. The van der Waals surface area contributed by atoms with Crippen molar-refractivity contribution >= 4 is 28.4 Å². The molecule has 1 heterocycles. The van der Waals surface area contributed by atoms with E-state index in [1.807, 2.05) is 24.4 Å². The molecule has 1 atom stereocenters. The van der Waals surface area contributed by atoms with Gasteiger partial charge in [0.2, 0.25) is 5.91 Å². The number of benzene rings is 1. The Balaban J connectivity index is 2.28. The van der Waals surface area contributed by atoms with Gasteiger partial charge in [-0.3, -0.25) is 4.79 Å². The maximum absolute atomic E-state index is 11.4. The van der Waals surface area contributed by atoms with Gasteiger partial charge >= 0.3 is 0 Å².